The number of benzene rings is 2. The second-order valence-electron chi connectivity index (χ2n) is 7.05. The van der Waals surface area contributed by atoms with Crippen molar-refractivity contribution in [2.45, 2.75) is 38.4 Å². The van der Waals surface area contributed by atoms with Gasteiger partial charge in [0.1, 0.15) is 17.6 Å². The number of rotatable bonds is 3. The van der Waals surface area contributed by atoms with Crippen molar-refractivity contribution in [3.63, 3.8) is 0 Å². The minimum atomic E-state index is -4.37. The molecule has 2 heterocycles. The quantitative estimate of drug-likeness (QED) is 0.566. The molecule has 0 aliphatic carbocycles. The summed E-state index contributed by atoms with van der Waals surface area (Å²) in [5.74, 6) is 1.79. The van der Waals surface area contributed by atoms with Crippen LogP contribution in [0.1, 0.15) is 30.7 Å². The molecule has 3 nitrogen and oxygen atoms in total. The number of aromatic nitrogens is 2. The third-order valence-electron chi connectivity index (χ3n) is 5.23. The number of nitrogens with zero attached hydrogens (tertiary/aromatic N) is 2. The Kier molecular flexibility index (Phi) is 4.87. The van der Waals surface area contributed by atoms with Gasteiger partial charge < -0.3 is 4.74 Å². The monoisotopic (exact) mass is 387 g/mol. The van der Waals surface area contributed by atoms with E-state index >= 15 is 0 Å². The van der Waals surface area contributed by atoms with E-state index in [9.17, 15) is 13.2 Å². The molecule has 6 heteroatoms. The predicted octanol–water partition coefficient (Wildman–Crippen LogP) is 5.19. The van der Waals surface area contributed by atoms with Crippen LogP contribution in [0, 0.1) is 0 Å². The molecule has 146 valence electrons. The predicted molar refractivity (Wildman–Crippen MR) is 101 cm³/mol. The SMILES string of the molecule is COc1ccc(-c2c[n+]3c(n2-c2cccc(C(F)(F)F)c2)CCCCC3)cc1. The smallest absolute Gasteiger partial charge is 0.416 e. The fourth-order valence-electron chi connectivity index (χ4n) is 3.81. The van der Waals surface area contributed by atoms with Crippen molar-refractivity contribution in [3.8, 4) is 22.7 Å². The van der Waals surface area contributed by atoms with Crippen molar-refractivity contribution in [1.82, 2.24) is 4.57 Å². The molecule has 0 bridgehead atoms. The summed E-state index contributed by atoms with van der Waals surface area (Å²) in [6, 6.07) is 13.2. The van der Waals surface area contributed by atoms with E-state index < -0.39 is 11.7 Å². The van der Waals surface area contributed by atoms with Gasteiger partial charge in [-0.15, -0.1) is 0 Å². The molecule has 3 aromatic rings. The molecule has 0 spiro atoms. The Bertz CT molecular complexity index is 974. The van der Waals surface area contributed by atoms with Gasteiger partial charge in [-0.25, -0.2) is 4.57 Å². The van der Waals surface area contributed by atoms with Crippen LogP contribution in [0.2, 0.25) is 0 Å². The van der Waals surface area contributed by atoms with Crippen molar-refractivity contribution in [2.24, 2.45) is 0 Å². The van der Waals surface area contributed by atoms with Crippen LogP contribution in [0.3, 0.4) is 0 Å². The molecule has 0 N–H and O–H groups in total. The van der Waals surface area contributed by atoms with E-state index in [0.717, 1.165) is 61.1 Å². The maximum Gasteiger partial charge on any atom is 0.416 e. The molecule has 2 aromatic carbocycles. The molecule has 0 fully saturated rings. The minimum absolute atomic E-state index is 0.538. The van der Waals surface area contributed by atoms with Crippen LogP contribution in [-0.2, 0) is 19.1 Å². The molecule has 1 aromatic heterocycles. The van der Waals surface area contributed by atoms with Crippen molar-refractivity contribution < 1.29 is 22.5 Å². The van der Waals surface area contributed by atoms with Crippen LogP contribution in [0.5, 0.6) is 5.75 Å². The van der Waals surface area contributed by atoms with Gasteiger partial charge in [-0.05, 0) is 61.7 Å². The summed E-state index contributed by atoms with van der Waals surface area (Å²) in [5.41, 5.74) is 1.74. The Morgan fingerprint density at radius 2 is 1.79 bits per heavy atom. The molecule has 1 aliphatic heterocycles. The molecule has 28 heavy (non-hydrogen) atoms. The summed E-state index contributed by atoms with van der Waals surface area (Å²) in [6.07, 6.45) is 1.77. The maximum atomic E-state index is 13.3. The molecule has 0 saturated carbocycles. The summed E-state index contributed by atoms with van der Waals surface area (Å²) in [7, 11) is 1.61. The van der Waals surface area contributed by atoms with Gasteiger partial charge in [0.15, 0.2) is 5.69 Å². The third kappa shape index (κ3) is 3.51. The van der Waals surface area contributed by atoms with Gasteiger partial charge in [0.25, 0.3) is 5.82 Å². The summed E-state index contributed by atoms with van der Waals surface area (Å²) >= 11 is 0. The number of hydrogen-bond donors (Lipinski definition) is 0. The Morgan fingerprint density at radius 1 is 1.00 bits per heavy atom. The number of aryl methyl sites for hydroxylation is 1. The summed E-state index contributed by atoms with van der Waals surface area (Å²) in [4.78, 5) is 0. The average Bonchev–Trinajstić information content (AvgIpc) is 2.90. The standard InChI is InChI=1S/C22H22F3N2O/c1-28-19-11-9-16(10-12-19)20-15-26-13-4-2-3-8-21(26)27(20)18-7-5-6-17(14-18)22(23,24)25/h5-7,9-12,14-15H,2-4,8,13H2,1H3/q+1. The lowest BCUT2D eigenvalue weighted by Gasteiger charge is -2.10. The number of methoxy groups -OCH3 is 1. The molecule has 4 rings (SSSR count). The Balaban J connectivity index is 1.90. The average molecular weight is 387 g/mol. The first-order valence-corrected chi connectivity index (χ1v) is 9.43. The molecule has 0 saturated heterocycles. The number of ether oxygens (including phenoxy) is 1. The van der Waals surface area contributed by atoms with Crippen molar-refractivity contribution in [2.75, 3.05) is 7.11 Å². The summed E-state index contributed by atoms with van der Waals surface area (Å²) < 4.78 is 49.3. The zero-order valence-corrected chi connectivity index (χ0v) is 15.7. The normalized spacial score (nSPS) is 14.4. The lowest BCUT2D eigenvalue weighted by atomic mass is 10.1. The highest BCUT2D eigenvalue weighted by atomic mass is 19.4. The van der Waals surface area contributed by atoms with Crippen LogP contribution < -0.4 is 9.30 Å². The number of hydrogen-bond acceptors (Lipinski definition) is 1. The van der Waals surface area contributed by atoms with Crippen LogP contribution in [0.15, 0.2) is 54.7 Å². The Labute approximate surface area is 162 Å². The number of alkyl halides is 3. The van der Waals surface area contributed by atoms with E-state index in [1.54, 1.807) is 13.2 Å². The van der Waals surface area contributed by atoms with Crippen LogP contribution in [0.4, 0.5) is 13.2 Å². The largest absolute Gasteiger partial charge is 0.497 e. The molecule has 1 aliphatic rings. The molecule has 0 unspecified atom stereocenters. The topological polar surface area (TPSA) is 18.0 Å². The number of fused-ring (bicyclic) bond motifs is 1. The van der Waals surface area contributed by atoms with Gasteiger partial charge in [0.05, 0.1) is 19.2 Å². The first kappa shape index (κ1) is 18.6. The molecule has 0 atom stereocenters. The van der Waals surface area contributed by atoms with E-state index in [4.69, 9.17) is 4.74 Å². The van der Waals surface area contributed by atoms with Crippen LogP contribution in [0.25, 0.3) is 16.9 Å². The van der Waals surface area contributed by atoms with Gasteiger partial charge >= 0.3 is 6.18 Å². The Morgan fingerprint density at radius 3 is 2.50 bits per heavy atom. The van der Waals surface area contributed by atoms with E-state index in [2.05, 4.69) is 10.8 Å². The van der Waals surface area contributed by atoms with Crippen molar-refractivity contribution in [1.29, 1.82) is 0 Å². The zero-order chi connectivity index (χ0) is 19.7. The zero-order valence-electron chi connectivity index (χ0n) is 15.7. The van der Waals surface area contributed by atoms with E-state index in [0.29, 0.717) is 5.69 Å². The first-order valence-electron chi connectivity index (χ1n) is 9.43. The maximum absolute atomic E-state index is 13.3. The van der Waals surface area contributed by atoms with Gasteiger partial charge in [-0.1, -0.05) is 6.07 Å². The van der Waals surface area contributed by atoms with E-state index in [1.807, 2.05) is 28.8 Å². The highest BCUT2D eigenvalue weighted by Gasteiger charge is 2.33. The van der Waals surface area contributed by atoms with Gasteiger partial charge in [-0.2, -0.15) is 17.7 Å². The molecular formula is C22H22F3N2O+. The highest BCUT2D eigenvalue weighted by molar-refractivity contribution is 5.63. The van der Waals surface area contributed by atoms with Crippen molar-refractivity contribution in [3.05, 3.63) is 66.1 Å². The first-order chi connectivity index (χ1) is 13.5. The van der Waals surface area contributed by atoms with Gasteiger partial charge in [0, 0.05) is 12.0 Å². The fourth-order valence-corrected chi connectivity index (χ4v) is 3.81. The van der Waals surface area contributed by atoms with E-state index in [1.165, 1.54) is 12.1 Å². The minimum Gasteiger partial charge on any atom is -0.497 e. The second kappa shape index (κ2) is 7.34. The molecule has 0 radical (unpaired) electrons. The van der Waals surface area contributed by atoms with Crippen LogP contribution >= 0.6 is 0 Å². The fraction of sp³-hybridized carbons (Fsp3) is 0.318. The lowest BCUT2D eigenvalue weighted by Crippen LogP contribution is -2.35. The third-order valence-corrected chi connectivity index (χ3v) is 5.23. The number of halogens is 3. The number of imidazole rings is 1. The van der Waals surface area contributed by atoms with Gasteiger partial charge in [-0.3, -0.25) is 0 Å². The highest BCUT2D eigenvalue weighted by Crippen LogP contribution is 2.33. The van der Waals surface area contributed by atoms with Gasteiger partial charge in [0.2, 0.25) is 0 Å². The summed E-state index contributed by atoms with van der Waals surface area (Å²) in [6.45, 7) is 0.879. The molecular weight excluding hydrogens is 365 g/mol. The Hall–Kier alpha value is -2.76. The van der Waals surface area contributed by atoms with Crippen molar-refractivity contribution >= 4 is 0 Å². The van der Waals surface area contributed by atoms with Crippen LogP contribution in [-0.4, -0.2) is 11.7 Å². The van der Waals surface area contributed by atoms with E-state index in [-0.39, 0.29) is 0 Å². The molecule has 0 amide bonds. The second-order valence-corrected chi connectivity index (χ2v) is 7.05. The summed E-state index contributed by atoms with van der Waals surface area (Å²) in [5, 5.41) is 0. The lowest BCUT2D eigenvalue weighted by molar-refractivity contribution is -0.702.